The zero-order chi connectivity index (χ0) is 19.3. The fourth-order valence-corrected chi connectivity index (χ4v) is 3.04. The summed E-state index contributed by atoms with van der Waals surface area (Å²) in [7, 11) is 1.54. The third-order valence-electron chi connectivity index (χ3n) is 4.59. The van der Waals surface area contributed by atoms with Crippen LogP contribution in [0.15, 0.2) is 24.3 Å². The van der Waals surface area contributed by atoms with E-state index in [-0.39, 0.29) is 5.82 Å². The summed E-state index contributed by atoms with van der Waals surface area (Å²) in [6, 6.07) is 5.57. The topological polar surface area (TPSA) is 46.9 Å². The Balaban J connectivity index is 1.74. The molecule has 1 saturated carbocycles. The molecule has 9 heteroatoms. The van der Waals surface area contributed by atoms with E-state index in [1.807, 2.05) is 0 Å². The molecule has 1 N–H and O–H groups in total. The summed E-state index contributed by atoms with van der Waals surface area (Å²) in [4.78, 5) is 12.0. The lowest BCUT2D eigenvalue weighted by Gasteiger charge is -2.43. The number of alkyl halides is 4. The van der Waals surface area contributed by atoms with E-state index in [0.717, 1.165) is 0 Å². The monoisotopic (exact) mass is 373 g/mol. The number of anilines is 1. The summed E-state index contributed by atoms with van der Waals surface area (Å²) >= 11 is 0. The van der Waals surface area contributed by atoms with Gasteiger partial charge in [-0.15, -0.1) is 0 Å². The van der Waals surface area contributed by atoms with Gasteiger partial charge in [0.05, 0.1) is 5.69 Å². The fraction of sp³-hybridized carbons (Fsp3) is 0.412. The number of aryl methyl sites for hydroxylation is 1. The minimum atomic E-state index is -4.18. The lowest BCUT2D eigenvalue weighted by molar-refractivity contribution is -0.313. The van der Waals surface area contributed by atoms with E-state index in [9.17, 15) is 26.7 Å². The molecule has 26 heavy (non-hydrogen) atoms. The first-order chi connectivity index (χ1) is 12.0. The third kappa shape index (κ3) is 2.95. The Kier molecular flexibility index (Phi) is 4.28. The summed E-state index contributed by atoms with van der Waals surface area (Å²) in [5, 5.41) is 6.69. The first-order valence-electron chi connectivity index (χ1n) is 7.88. The molecule has 140 valence electrons. The van der Waals surface area contributed by atoms with Crippen molar-refractivity contribution in [3.8, 4) is 11.3 Å². The first-order valence-corrected chi connectivity index (χ1v) is 7.88. The Labute approximate surface area is 146 Å². The van der Waals surface area contributed by atoms with Gasteiger partial charge in [-0.2, -0.15) is 22.7 Å². The van der Waals surface area contributed by atoms with Crippen LogP contribution in [-0.2, 0) is 11.8 Å². The van der Waals surface area contributed by atoms with Gasteiger partial charge in [-0.1, -0.05) is 0 Å². The van der Waals surface area contributed by atoms with Crippen molar-refractivity contribution in [3.63, 3.8) is 0 Å². The summed E-state index contributed by atoms with van der Waals surface area (Å²) in [6.07, 6.45) is -1.72. The maximum Gasteiger partial charge on any atom is 0.313 e. The predicted molar refractivity (Wildman–Crippen MR) is 84.6 cm³/mol. The van der Waals surface area contributed by atoms with Gasteiger partial charge in [0.25, 0.3) is 0 Å². The second kappa shape index (κ2) is 6.07. The maximum absolute atomic E-state index is 13.3. The van der Waals surface area contributed by atoms with E-state index in [4.69, 9.17) is 0 Å². The molecule has 3 rings (SSSR count). The van der Waals surface area contributed by atoms with Crippen LogP contribution in [0.5, 0.6) is 0 Å². The molecule has 1 amide bonds. The van der Waals surface area contributed by atoms with Crippen LogP contribution in [-0.4, -0.2) is 27.5 Å². The van der Waals surface area contributed by atoms with Gasteiger partial charge in [0.15, 0.2) is 0 Å². The third-order valence-corrected chi connectivity index (χ3v) is 4.59. The summed E-state index contributed by atoms with van der Waals surface area (Å²) in [5.74, 6) is -10.9. The molecule has 0 saturated heterocycles. The van der Waals surface area contributed by atoms with Crippen molar-refractivity contribution in [1.29, 1.82) is 0 Å². The molecule has 1 aromatic carbocycles. The number of aromatic nitrogens is 2. The number of nitrogens with one attached hydrogen (secondary N) is 1. The second-order valence-corrected chi connectivity index (χ2v) is 6.43. The molecule has 4 nitrogen and oxygen atoms in total. The van der Waals surface area contributed by atoms with E-state index in [2.05, 4.69) is 10.4 Å². The highest BCUT2D eigenvalue weighted by molar-refractivity contribution is 5.92. The Hall–Kier alpha value is -2.45. The van der Waals surface area contributed by atoms with Gasteiger partial charge < -0.3 is 5.32 Å². The van der Waals surface area contributed by atoms with Crippen molar-refractivity contribution in [2.45, 2.75) is 31.6 Å². The normalized spacial score (nSPS) is 20.5. The molecule has 0 aliphatic heterocycles. The Morgan fingerprint density at radius 1 is 1.27 bits per heavy atom. The van der Waals surface area contributed by atoms with Gasteiger partial charge in [0.2, 0.25) is 5.91 Å². The number of hydrogen-bond acceptors (Lipinski definition) is 2. The summed E-state index contributed by atoms with van der Waals surface area (Å²) < 4.78 is 66.8. The fourth-order valence-electron chi connectivity index (χ4n) is 3.04. The average molecular weight is 373 g/mol. The van der Waals surface area contributed by atoms with Gasteiger partial charge in [0, 0.05) is 36.9 Å². The highest BCUT2D eigenvalue weighted by atomic mass is 19.3. The Morgan fingerprint density at radius 2 is 1.88 bits per heavy atom. The molecule has 1 aromatic heterocycles. The Bertz CT molecular complexity index is 845. The largest absolute Gasteiger partial charge is 0.313 e. The molecule has 1 aliphatic carbocycles. The van der Waals surface area contributed by atoms with E-state index in [1.165, 1.54) is 28.9 Å². The molecule has 1 aliphatic rings. The summed E-state index contributed by atoms with van der Waals surface area (Å²) in [6.45, 7) is 1.66. The highest BCUT2D eigenvalue weighted by Crippen LogP contribution is 2.56. The van der Waals surface area contributed by atoms with Crippen LogP contribution in [0.4, 0.5) is 27.8 Å². The number of rotatable bonds is 4. The van der Waals surface area contributed by atoms with Crippen molar-refractivity contribution in [1.82, 2.24) is 9.78 Å². The summed E-state index contributed by atoms with van der Waals surface area (Å²) in [5.41, 5.74) is 1.66. The predicted octanol–water partition coefficient (Wildman–Crippen LogP) is 4.15. The van der Waals surface area contributed by atoms with Crippen LogP contribution in [0.3, 0.4) is 0 Å². The molecule has 0 radical (unpaired) electrons. The van der Waals surface area contributed by atoms with Crippen LogP contribution >= 0.6 is 0 Å². The first kappa shape index (κ1) is 18.3. The van der Waals surface area contributed by atoms with E-state index in [0.29, 0.717) is 16.8 Å². The zero-order valence-electron chi connectivity index (χ0n) is 14.0. The smallest absolute Gasteiger partial charge is 0.311 e. The minimum absolute atomic E-state index is 0.267. The van der Waals surface area contributed by atoms with Crippen LogP contribution in [0.2, 0.25) is 0 Å². The zero-order valence-corrected chi connectivity index (χ0v) is 14.0. The van der Waals surface area contributed by atoms with Crippen molar-refractivity contribution in [2.75, 3.05) is 5.32 Å². The van der Waals surface area contributed by atoms with Gasteiger partial charge in [-0.05, 0) is 31.2 Å². The van der Waals surface area contributed by atoms with Crippen molar-refractivity contribution < 1.29 is 26.7 Å². The molecule has 1 fully saturated rings. The minimum Gasteiger partial charge on any atom is -0.311 e. The average Bonchev–Trinajstić information content (AvgIpc) is 2.83. The molecule has 1 atom stereocenters. The molecular formula is C17H16F5N3O. The number of benzene rings is 1. The van der Waals surface area contributed by atoms with E-state index >= 15 is 0 Å². The van der Waals surface area contributed by atoms with E-state index < -0.39 is 42.3 Å². The van der Waals surface area contributed by atoms with Crippen molar-refractivity contribution >= 4 is 11.7 Å². The van der Waals surface area contributed by atoms with Crippen LogP contribution < -0.4 is 5.32 Å². The van der Waals surface area contributed by atoms with Crippen LogP contribution in [0, 0.1) is 18.7 Å². The maximum atomic E-state index is 13.3. The SMILES string of the molecule is Cc1c(-c2ccc(F)cc2)nn(C)c1NC(=O)C[C@H]1CC(F)(F)C1(F)F. The van der Waals surface area contributed by atoms with E-state index in [1.54, 1.807) is 14.0 Å². The lowest BCUT2D eigenvalue weighted by atomic mass is 9.74. The lowest BCUT2D eigenvalue weighted by Crippen LogP contribution is -2.59. The van der Waals surface area contributed by atoms with Gasteiger partial charge in [-0.3, -0.25) is 9.48 Å². The quantitative estimate of drug-likeness (QED) is 0.819. The number of carbonyl (C=O) groups excluding carboxylic acids is 1. The molecule has 0 spiro atoms. The number of carbonyl (C=O) groups is 1. The standard InChI is InChI=1S/C17H16F5N3O/c1-9-14(10-3-5-12(18)6-4-10)24-25(2)15(9)23-13(26)7-11-8-16(19,20)17(11,21)22/h3-6,11H,7-8H2,1-2H3,(H,23,26)/t11-/m0/s1. The number of halogens is 5. The van der Waals surface area contributed by atoms with Gasteiger partial charge >= 0.3 is 11.8 Å². The molecule has 0 bridgehead atoms. The van der Waals surface area contributed by atoms with Gasteiger partial charge in [-0.25, -0.2) is 4.39 Å². The molecule has 0 unspecified atom stereocenters. The highest BCUT2D eigenvalue weighted by Gasteiger charge is 2.71. The van der Waals surface area contributed by atoms with Gasteiger partial charge in [0.1, 0.15) is 11.6 Å². The second-order valence-electron chi connectivity index (χ2n) is 6.43. The molecule has 1 heterocycles. The van der Waals surface area contributed by atoms with Crippen molar-refractivity contribution in [3.05, 3.63) is 35.6 Å². The van der Waals surface area contributed by atoms with Crippen LogP contribution in [0.1, 0.15) is 18.4 Å². The number of hydrogen-bond donors (Lipinski definition) is 1. The number of nitrogens with zero attached hydrogens (tertiary/aromatic N) is 2. The van der Waals surface area contributed by atoms with Crippen molar-refractivity contribution in [2.24, 2.45) is 13.0 Å². The van der Waals surface area contributed by atoms with Crippen LogP contribution in [0.25, 0.3) is 11.3 Å². The molecular weight excluding hydrogens is 357 g/mol. The Morgan fingerprint density at radius 3 is 2.42 bits per heavy atom. The molecule has 2 aromatic rings. The number of amides is 1.